The minimum Gasteiger partial charge on any atom is -0.491 e. The average Bonchev–Trinajstić information content (AvgIpc) is 3.44. The van der Waals surface area contributed by atoms with Gasteiger partial charge in [0.05, 0.1) is 12.1 Å². The number of aliphatic hydroxyl groups excluding tert-OH is 1. The number of benzene rings is 4. The number of amides is 1. The van der Waals surface area contributed by atoms with Crippen molar-refractivity contribution in [3.8, 4) is 11.5 Å². The third kappa shape index (κ3) is 3.14. The molecule has 1 aliphatic carbocycles. The Bertz CT molecular complexity index is 1560. The molecule has 5 heteroatoms. The number of ether oxygens (including phenoxy) is 2. The molecule has 0 saturated heterocycles. The molecule has 194 valence electrons. The summed E-state index contributed by atoms with van der Waals surface area (Å²) in [4.78, 5) is 16.9. The van der Waals surface area contributed by atoms with Crippen molar-refractivity contribution in [2.45, 2.75) is 48.8 Å². The molecule has 4 aromatic rings. The number of para-hydroxylation sites is 1. The zero-order valence-corrected chi connectivity index (χ0v) is 21.5. The number of rotatable bonds is 3. The summed E-state index contributed by atoms with van der Waals surface area (Å²) >= 11 is 0. The van der Waals surface area contributed by atoms with Crippen molar-refractivity contribution in [3.05, 3.63) is 125 Å². The van der Waals surface area contributed by atoms with Crippen LogP contribution in [-0.4, -0.2) is 23.2 Å². The smallest absolute Gasteiger partial charge is 0.246 e. The standard InChI is InChI=1S/C34H29NO4/c36-28-20-33(16-9-17-33)39-29-19-30-26(18-24(28)29)34(21-38-30)25-14-7-8-15-27(25)35(32(34)37)31(22-10-3-1-4-11-22)23-12-5-2-6-13-23/h1-8,10-15,18-19,28,31,36H,9,16-17,20-21H2. The molecule has 3 aliphatic heterocycles. The van der Waals surface area contributed by atoms with Gasteiger partial charge in [-0.15, -0.1) is 0 Å². The maximum atomic E-state index is 14.9. The highest BCUT2D eigenvalue weighted by molar-refractivity contribution is 6.12. The lowest BCUT2D eigenvalue weighted by molar-refractivity contribution is -0.122. The van der Waals surface area contributed by atoms with Crippen LogP contribution in [0.15, 0.2) is 97.1 Å². The number of nitrogens with zero attached hydrogens (tertiary/aromatic N) is 1. The van der Waals surface area contributed by atoms with Gasteiger partial charge in [-0.1, -0.05) is 78.9 Å². The highest BCUT2D eigenvalue weighted by Crippen LogP contribution is 2.58. The first-order valence-electron chi connectivity index (χ1n) is 13.8. The lowest BCUT2D eigenvalue weighted by Crippen LogP contribution is -2.47. The van der Waals surface area contributed by atoms with Gasteiger partial charge in [-0.25, -0.2) is 0 Å². The molecule has 2 spiro atoms. The summed E-state index contributed by atoms with van der Waals surface area (Å²) in [6.07, 6.45) is 3.02. The van der Waals surface area contributed by atoms with E-state index >= 15 is 0 Å². The summed E-state index contributed by atoms with van der Waals surface area (Å²) in [5.74, 6) is 1.34. The van der Waals surface area contributed by atoms with E-state index in [1.807, 2.05) is 71.6 Å². The zero-order valence-electron chi connectivity index (χ0n) is 21.5. The first-order valence-corrected chi connectivity index (χ1v) is 13.8. The summed E-state index contributed by atoms with van der Waals surface area (Å²) in [6, 6.07) is 32.1. The molecule has 1 amide bonds. The molecular weight excluding hydrogens is 486 g/mol. The Morgan fingerprint density at radius 2 is 1.49 bits per heavy atom. The van der Waals surface area contributed by atoms with Crippen LogP contribution in [0.1, 0.15) is 65.6 Å². The number of carbonyl (C=O) groups is 1. The van der Waals surface area contributed by atoms with Crippen molar-refractivity contribution in [1.29, 1.82) is 0 Å². The van der Waals surface area contributed by atoms with E-state index in [4.69, 9.17) is 9.47 Å². The lowest BCUT2D eigenvalue weighted by atomic mass is 9.72. The van der Waals surface area contributed by atoms with Gasteiger partial charge in [0.25, 0.3) is 0 Å². The van der Waals surface area contributed by atoms with E-state index in [-0.39, 0.29) is 24.2 Å². The predicted octanol–water partition coefficient (Wildman–Crippen LogP) is 6.24. The number of anilines is 1. The first-order chi connectivity index (χ1) is 19.1. The third-order valence-corrected chi connectivity index (χ3v) is 9.23. The molecule has 2 atom stereocenters. The van der Waals surface area contributed by atoms with Gasteiger partial charge in [0.1, 0.15) is 29.1 Å². The van der Waals surface area contributed by atoms with E-state index in [2.05, 4.69) is 30.3 Å². The normalized spacial score (nSPS) is 23.7. The van der Waals surface area contributed by atoms with Gasteiger partial charge < -0.3 is 14.6 Å². The van der Waals surface area contributed by atoms with Crippen molar-refractivity contribution in [1.82, 2.24) is 0 Å². The molecule has 3 heterocycles. The van der Waals surface area contributed by atoms with Gasteiger partial charge in [-0.2, -0.15) is 0 Å². The lowest BCUT2D eigenvalue weighted by Gasteiger charge is -2.47. The molecule has 39 heavy (non-hydrogen) atoms. The second-order valence-electron chi connectivity index (χ2n) is 11.4. The van der Waals surface area contributed by atoms with Crippen molar-refractivity contribution in [2.75, 3.05) is 11.5 Å². The van der Waals surface area contributed by atoms with E-state index in [1.54, 1.807) is 0 Å². The monoisotopic (exact) mass is 515 g/mol. The van der Waals surface area contributed by atoms with E-state index in [0.717, 1.165) is 52.8 Å². The molecule has 1 N–H and O–H groups in total. The largest absolute Gasteiger partial charge is 0.491 e. The van der Waals surface area contributed by atoms with E-state index in [9.17, 15) is 9.90 Å². The predicted molar refractivity (Wildman–Crippen MR) is 148 cm³/mol. The molecule has 1 saturated carbocycles. The molecule has 0 bridgehead atoms. The van der Waals surface area contributed by atoms with Crippen LogP contribution in [-0.2, 0) is 10.2 Å². The highest BCUT2D eigenvalue weighted by atomic mass is 16.5. The molecule has 8 rings (SSSR count). The van der Waals surface area contributed by atoms with Crippen LogP contribution in [0.4, 0.5) is 5.69 Å². The topological polar surface area (TPSA) is 59.0 Å². The van der Waals surface area contributed by atoms with E-state index in [1.165, 1.54) is 0 Å². The number of aliphatic hydroxyl groups is 1. The quantitative estimate of drug-likeness (QED) is 0.351. The first kappa shape index (κ1) is 22.9. The number of carbonyl (C=O) groups excluding carboxylic acids is 1. The Balaban J connectivity index is 1.30. The van der Waals surface area contributed by atoms with Gasteiger partial charge >= 0.3 is 0 Å². The van der Waals surface area contributed by atoms with Crippen LogP contribution >= 0.6 is 0 Å². The fraction of sp³-hybridized carbons (Fsp3) is 0.265. The minimum absolute atomic E-state index is 0.0122. The Kier molecular flexibility index (Phi) is 4.81. The molecule has 2 unspecified atom stereocenters. The SMILES string of the molecule is O=C1N(C(c2ccccc2)c2ccccc2)c2ccccc2C12COc1cc3c(cc12)C(O)CC1(CCC1)O3. The summed E-state index contributed by atoms with van der Waals surface area (Å²) in [5.41, 5.74) is 4.23. The fourth-order valence-electron chi connectivity index (χ4n) is 7.15. The maximum absolute atomic E-state index is 14.9. The summed E-state index contributed by atoms with van der Waals surface area (Å²) in [7, 11) is 0. The Morgan fingerprint density at radius 1 is 0.821 bits per heavy atom. The Morgan fingerprint density at radius 3 is 2.15 bits per heavy atom. The van der Waals surface area contributed by atoms with E-state index < -0.39 is 11.5 Å². The molecule has 4 aromatic carbocycles. The molecule has 1 fully saturated rings. The van der Waals surface area contributed by atoms with Crippen molar-refractivity contribution in [2.24, 2.45) is 0 Å². The summed E-state index contributed by atoms with van der Waals surface area (Å²) < 4.78 is 12.8. The van der Waals surface area contributed by atoms with Gasteiger partial charge in [-0.3, -0.25) is 9.69 Å². The van der Waals surface area contributed by atoms with Crippen LogP contribution in [0.2, 0.25) is 0 Å². The van der Waals surface area contributed by atoms with Gasteiger partial charge in [0, 0.05) is 29.3 Å². The van der Waals surface area contributed by atoms with Crippen LogP contribution in [0.5, 0.6) is 11.5 Å². The maximum Gasteiger partial charge on any atom is 0.246 e. The van der Waals surface area contributed by atoms with Crippen molar-refractivity contribution < 1.29 is 19.4 Å². The van der Waals surface area contributed by atoms with Crippen LogP contribution in [0.25, 0.3) is 0 Å². The van der Waals surface area contributed by atoms with Gasteiger partial charge in [-0.05, 0) is 48.1 Å². The summed E-state index contributed by atoms with van der Waals surface area (Å²) in [5, 5.41) is 11.2. The molecule has 0 aromatic heterocycles. The van der Waals surface area contributed by atoms with Gasteiger partial charge in [0.2, 0.25) is 5.91 Å². The fourth-order valence-corrected chi connectivity index (χ4v) is 7.15. The minimum atomic E-state index is -0.992. The average molecular weight is 516 g/mol. The molecule has 0 radical (unpaired) electrons. The molecular formula is C34H29NO4. The van der Waals surface area contributed by atoms with E-state index in [0.29, 0.717) is 17.9 Å². The number of hydrogen-bond acceptors (Lipinski definition) is 4. The number of hydrogen-bond donors (Lipinski definition) is 1. The molecule has 5 nitrogen and oxygen atoms in total. The summed E-state index contributed by atoms with van der Waals surface area (Å²) in [6.45, 7) is 0.217. The molecule has 4 aliphatic rings. The highest BCUT2D eigenvalue weighted by Gasteiger charge is 2.59. The zero-order chi connectivity index (χ0) is 26.2. The number of fused-ring (bicyclic) bond motifs is 5. The second-order valence-corrected chi connectivity index (χ2v) is 11.4. The van der Waals surface area contributed by atoms with Crippen LogP contribution in [0.3, 0.4) is 0 Å². The van der Waals surface area contributed by atoms with Crippen molar-refractivity contribution >= 4 is 11.6 Å². The van der Waals surface area contributed by atoms with Gasteiger partial charge in [0.15, 0.2) is 0 Å². The van der Waals surface area contributed by atoms with Crippen LogP contribution in [0, 0.1) is 0 Å². The Labute approximate surface area is 227 Å². The Hall–Kier alpha value is -4.09. The second kappa shape index (κ2) is 8.20. The van der Waals surface area contributed by atoms with Crippen molar-refractivity contribution in [3.63, 3.8) is 0 Å². The van der Waals surface area contributed by atoms with Crippen LogP contribution < -0.4 is 14.4 Å². The third-order valence-electron chi connectivity index (χ3n) is 9.23.